The predicted octanol–water partition coefficient (Wildman–Crippen LogP) is 11.9. The molecule has 0 saturated carbocycles. The quantitative estimate of drug-likeness (QED) is 0.0663. The maximum Gasteiger partial charge on any atom is 0.0540 e. The fourth-order valence-electron chi connectivity index (χ4n) is 6.96. The second-order valence-electron chi connectivity index (χ2n) is 12.6. The van der Waals surface area contributed by atoms with Crippen LogP contribution in [0.5, 0.6) is 0 Å². The van der Waals surface area contributed by atoms with Gasteiger partial charge in [0.1, 0.15) is 0 Å². The zero-order valence-electron chi connectivity index (χ0n) is 29.1. The van der Waals surface area contributed by atoms with Crippen LogP contribution >= 0.6 is 23.2 Å². The molecule has 0 atom stereocenters. The van der Waals surface area contributed by atoms with E-state index in [1.54, 1.807) is 0 Å². The first-order valence-corrected chi connectivity index (χ1v) is 21.3. The molecule has 7 rings (SSSR count). The number of unbranched alkanes of at least 4 members (excludes halogenated alkanes) is 3. The number of pyridine rings is 1. The number of halogens is 1. The zero-order chi connectivity index (χ0) is 35.0. The van der Waals surface area contributed by atoms with E-state index in [0.29, 0.717) is 0 Å². The van der Waals surface area contributed by atoms with E-state index in [0.717, 1.165) is 28.0 Å². The Labute approximate surface area is 313 Å². The molecule has 0 spiro atoms. The molecular weight excluding hydrogens is 703 g/mol. The molecule has 0 fully saturated rings. The summed E-state index contributed by atoms with van der Waals surface area (Å²) in [5, 5.41) is 5.69. The third-order valence-corrected chi connectivity index (χ3v) is 15.0. The summed E-state index contributed by atoms with van der Waals surface area (Å²) < 4.78 is 0. The number of nitrogens with zero attached hydrogens (tertiary/aromatic N) is 2. The Hall–Kier alpha value is -4.82. The van der Waals surface area contributed by atoms with E-state index in [2.05, 4.69) is 190 Å². The van der Waals surface area contributed by atoms with Crippen molar-refractivity contribution in [1.82, 2.24) is 4.98 Å². The van der Waals surface area contributed by atoms with Crippen molar-refractivity contribution < 1.29 is 0 Å². The summed E-state index contributed by atoms with van der Waals surface area (Å²) in [5.74, 6) is 0. The summed E-state index contributed by atoms with van der Waals surface area (Å²) >= 11 is 3.56. The van der Waals surface area contributed by atoms with Crippen molar-refractivity contribution in [2.24, 2.45) is 0 Å². The van der Waals surface area contributed by atoms with Crippen LogP contribution < -0.4 is 20.8 Å². The molecule has 0 bridgehead atoms. The fourth-order valence-corrected chi connectivity index (χ4v) is 12.3. The van der Waals surface area contributed by atoms with Gasteiger partial charge in [-0.3, -0.25) is 4.98 Å². The molecule has 4 heteroatoms. The maximum absolute atomic E-state index is 4.15. The van der Waals surface area contributed by atoms with E-state index in [1.165, 1.54) is 53.3 Å². The van der Waals surface area contributed by atoms with E-state index < -0.39 is 7.26 Å². The number of para-hydroxylation sites is 3. The first kappa shape index (κ1) is 36.0. The number of rotatable bonds is 13. The number of anilines is 3. The Bertz CT molecular complexity index is 1860. The first-order chi connectivity index (χ1) is 25.3. The van der Waals surface area contributed by atoms with Gasteiger partial charge >= 0.3 is 167 Å². The third kappa shape index (κ3) is 9.11. The van der Waals surface area contributed by atoms with Crippen LogP contribution in [0.25, 0.3) is 11.1 Å². The van der Waals surface area contributed by atoms with Gasteiger partial charge in [-0.15, -0.1) is 0 Å². The van der Waals surface area contributed by atoms with Gasteiger partial charge in [0.15, 0.2) is 0 Å². The van der Waals surface area contributed by atoms with Crippen LogP contribution in [-0.2, 0) is 0 Å². The Morgan fingerprint density at radius 1 is 0.431 bits per heavy atom. The molecule has 0 N–H and O–H groups in total. The largest absolute Gasteiger partial charge is 0.310 e. The van der Waals surface area contributed by atoms with Crippen molar-refractivity contribution >= 4 is 56.2 Å². The minimum Gasteiger partial charge on any atom is -0.310 e. The average molecular weight is 750 g/mol. The molecule has 1 heterocycles. The number of benzene rings is 6. The molecule has 51 heavy (non-hydrogen) atoms. The second-order valence-corrected chi connectivity index (χ2v) is 17.5. The molecular formula is C47H46BrN2P. The molecule has 7 aromatic rings. The standard InChI is InChI=1S/C24H28BrP.C23H18N2/c25-20-12-1-2-13-21-26(22-14-6-3-7-15-22,23-16-8-4-9-17-23)24-18-10-5-11-19-24;1-3-9-20(10-4-1)25(21-11-5-2-6-12-21)23-14-8-7-13-22(23)19-15-17-24-18-16-19/h3-11,14-19,26H,1-2,12-13,20-21H2;1-18H. The van der Waals surface area contributed by atoms with Crippen molar-refractivity contribution in [1.29, 1.82) is 0 Å². The Kier molecular flexibility index (Phi) is 13.4. The topological polar surface area (TPSA) is 16.1 Å². The SMILES string of the molecule is BrCCCCCC[PH](c1ccccc1)(c1ccccc1)c1ccccc1.c1ccc(N(c2ccccc2)c2ccccc2-c2ccncc2)cc1. The van der Waals surface area contributed by atoms with Crippen LogP contribution in [0.2, 0.25) is 0 Å². The monoisotopic (exact) mass is 748 g/mol. The van der Waals surface area contributed by atoms with Gasteiger partial charge in [0.2, 0.25) is 0 Å². The zero-order valence-corrected chi connectivity index (χ0v) is 31.7. The van der Waals surface area contributed by atoms with Crippen LogP contribution in [0.15, 0.2) is 200 Å². The minimum atomic E-state index is -2.00. The molecule has 1 aromatic heterocycles. The summed E-state index contributed by atoms with van der Waals surface area (Å²) in [4.78, 5) is 6.44. The van der Waals surface area contributed by atoms with Crippen molar-refractivity contribution in [3.63, 3.8) is 0 Å². The smallest absolute Gasteiger partial charge is 0.0540 e. The molecule has 0 aliphatic rings. The summed E-state index contributed by atoms with van der Waals surface area (Å²) in [5.41, 5.74) is 5.75. The van der Waals surface area contributed by atoms with Crippen molar-refractivity contribution in [3.8, 4) is 11.1 Å². The van der Waals surface area contributed by atoms with Gasteiger partial charge in [-0.05, 0) is 48.0 Å². The molecule has 0 aliphatic carbocycles. The van der Waals surface area contributed by atoms with Crippen LogP contribution in [-0.4, -0.2) is 16.5 Å². The molecule has 0 radical (unpaired) electrons. The first-order valence-electron chi connectivity index (χ1n) is 17.9. The van der Waals surface area contributed by atoms with Crippen LogP contribution in [0.3, 0.4) is 0 Å². The Balaban J connectivity index is 0.000000176. The summed E-state index contributed by atoms with van der Waals surface area (Å²) in [6.07, 6.45) is 10.1. The Morgan fingerprint density at radius 2 is 0.843 bits per heavy atom. The van der Waals surface area contributed by atoms with E-state index in [4.69, 9.17) is 0 Å². The summed E-state index contributed by atoms with van der Waals surface area (Å²) in [7, 11) is -2.00. The van der Waals surface area contributed by atoms with Gasteiger partial charge in [0, 0.05) is 29.3 Å². The number of alkyl halides is 1. The molecule has 2 nitrogen and oxygen atoms in total. The van der Waals surface area contributed by atoms with E-state index in [9.17, 15) is 0 Å². The van der Waals surface area contributed by atoms with Crippen LogP contribution in [0.1, 0.15) is 25.7 Å². The molecule has 0 saturated heterocycles. The predicted molar refractivity (Wildman–Crippen MR) is 228 cm³/mol. The molecule has 6 aromatic carbocycles. The second kappa shape index (κ2) is 19.0. The summed E-state index contributed by atoms with van der Waals surface area (Å²) in [6.45, 7) is 0. The number of hydrogen-bond donors (Lipinski definition) is 0. The van der Waals surface area contributed by atoms with Gasteiger partial charge in [-0.25, -0.2) is 0 Å². The van der Waals surface area contributed by atoms with Crippen molar-refractivity contribution in [2.45, 2.75) is 25.7 Å². The third-order valence-electron chi connectivity index (χ3n) is 9.40. The normalized spacial score (nSPS) is 11.2. The van der Waals surface area contributed by atoms with Gasteiger partial charge in [0.05, 0.1) is 5.69 Å². The van der Waals surface area contributed by atoms with E-state index in [-0.39, 0.29) is 0 Å². The summed E-state index contributed by atoms with van der Waals surface area (Å²) in [6, 6.07) is 67.2. The van der Waals surface area contributed by atoms with Crippen molar-refractivity contribution in [3.05, 3.63) is 200 Å². The fraction of sp³-hybridized carbons (Fsp3) is 0.128. The van der Waals surface area contributed by atoms with Crippen LogP contribution in [0, 0.1) is 0 Å². The Morgan fingerprint density at radius 3 is 1.31 bits per heavy atom. The molecule has 0 aliphatic heterocycles. The van der Waals surface area contributed by atoms with Gasteiger partial charge in [-0.2, -0.15) is 0 Å². The molecule has 256 valence electrons. The maximum atomic E-state index is 4.15. The van der Waals surface area contributed by atoms with Gasteiger partial charge in [0.25, 0.3) is 0 Å². The average Bonchev–Trinajstić information content (AvgIpc) is 3.22. The molecule has 0 unspecified atom stereocenters. The van der Waals surface area contributed by atoms with Crippen molar-refractivity contribution in [2.75, 3.05) is 16.4 Å². The van der Waals surface area contributed by atoms with E-state index >= 15 is 0 Å². The number of hydrogen-bond acceptors (Lipinski definition) is 2. The molecule has 0 amide bonds. The number of aromatic nitrogens is 1. The minimum absolute atomic E-state index is 1.12. The van der Waals surface area contributed by atoms with Gasteiger partial charge in [-0.1, -0.05) is 54.6 Å². The van der Waals surface area contributed by atoms with Gasteiger partial charge < -0.3 is 4.90 Å². The van der Waals surface area contributed by atoms with E-state index in [1.807, 2.05) is 36.7 Å². The van der Waals surface area contributed by atoms with Crippen LogP contribution in [0.4, 0.5) is 17.1 Å².